The molecule has 17 heavy (non-hydrogen) atoms. The Hall–Kier alpha value is -1.10. The summed E-state index contributed by atoms with van der Waals surface area (Å²) in [5, 5.41) is 3.33. The molecule has 0 radical (unpaired) electrons. The number of nitrogens with one attached hydrogen (secondary N) is 1. The number of nitrogens with zero attached hydrogens (tertiary/aromatic N) is 3. The summed E-state index contributed by atoms with van der Waals surface area (Å²) in [6.07, 6.45) is 3.90. The van der Waals surface area contributed by atoms with Crippen molar-refractivity contribution in [2.24, 2.45) is 5.92 Å². The van der Waals surface area contributed by atoms with E-state index >= 15 is 0 Å². The molecule has 1 aromatic heterocycles. The lowest BCUT2D eigenvalue weighted by Gasteiger charge is -2.25. The zero-order chi connectivity index (χ0) is 12.3. The molecule has 0 aromatic carbocycles. The van der Waals surface area contributed by atoms with Gasteiger partial charge in [-0.05, 0) is 44.2 Å². The van der Waals surface area contributed by atoms with Gasteiger partial charge in [0.15, 0.2) is 0 Å². The van der Waals surface area contributed by atoms with Gasteiger partial charge in [0, 0.05) is 6.54 Å². The molecule has 1 aromatic rings. The third kappa shape index (κ3) is 3.70. The van der Waals surface area contributed by atoms with Gasteiger partial charge in [0.25, 0.3) is 0 Å². The first kappa shape index (κ1) is 12.4. The Bertz CT molecular complexity index is 382. The van der Waals surface area contributed by atoms with E-state index in [-0.39, 0.29) is 17.4 Å². The summed E-state index contributed by atoms with van der Waals surface area (Å²) in [5.41, 5.74) is 0. The van der Waals surface area contributed by atoms with Gasteiger partial charge in [0.1, 0.15) is 0 Å². The molecule has 1 aliphatic carbocycles. The summed E-state index contributed by atoms with van der Waals surface area (Å²) < 4.78 is 5.40. The van der Waals surface area contributed by atoms with Crippen molar-refractivity contribution in [2.75, 3.05) is 11.9 Å². The molecule has 5 nitrogen and oxygen atoms in total. The SMILES string of the molecule is CC(C)Oc1nc(Cl)nc(NCC2CCC2)n1. The van der Waals surface area contributed by atoms with Crippen molar-refractivity contribution in [2.45, 2.75) is 39.2 Å². The zero-order valence-corrected chi connectivity index (χ0v) is 10.9. The van der Waals surface area contributed by atoms with Crippen molar-refractivity contribution in [1.82, 2.24) is 15.0 Å². The smallest absolute Gasteiger partial charge is 0.322 e. The molecule has 6 heteroatoms. The molecule has 0 amide bonds. The van der Waals surface area contributed by atoms with Gasteiger partial charge in [-0.1, -0.05) is 6.42 Å². The Morgan fingerprint density at radius 2 is 2.12 bits per heavy atom. The average molecular weight is 257 g/mol. The van der Waals surface area contributed by atoms with Gasteiger partial charge in [-0.2, -0.15) is 15.0 Å². The first-order valence-corrected chi connectivity index (χ1v) is 6.33. The molecule has 1 heterocycles. The zero-order valence-electron chi connectivity index (χ0n) is 10.1. The third-order valence-electron chi connectivity index (χ3n) is 2.70. The van der Waals surface area contributed by atoms with Crippen LogP contribution in [0.25, 0.3) is 0 Å². The van der Waals surface area contributed by atoms with Crippen LogP contribution in [0.4, 0.5) is 5.95 Å². The minimum atomic E-state index is 0.0212. The van der Waals surface area contributed by atoms with Crippen LogP contribution in [0.3, 0.4) is 0 Å². The lowest BCUT2D eigenvalue weighted by atomic mass is 9.85. The largest absolute Gasteiger partial charge is 0.461 e. The van der Waals surface area contributed by atoms with Crippen LogP contribution in [-0.2, 0) is 0 Å². The Kier molecular flexibility index (Phi) is 3.99. The van der Waals surface area contributed by atoms with Crippen molar-refractivity contribution < 1.29 is 4.74 Å². The number of rotatable bonds is 5. The maximum Gasteiger partial charge on any atom is 0.322 e. The minimum Gasteiger partial charge on any atom is -0.461 e. The molecular weight excluding hydrogens is 240 g/mol. The van der Waals surface area contributed by atoms with Gasteiger partial charge in [-0.3, -0.25) is 0 Å². The lowest BCUT2D eigenvalue weighted by Crippen LogP contribution is -2.22. The van der Waals surface area contributed by atoms with Crippen LogP contribution in [0.2, 0.25) is 5.28 Å². The molecule has 0 saturated heterocycles. The normalized spacial score (nSPS) is 15.8. The Labute approximate surface area is 106 Å². The maximum atomic E-state index is 5.81. The van der Waals surface area contributed by atoms with Gasteiger partial charge in [-0.15, -0.1) is 0 Å². The molecule has 0 atom stereocenters. The average Bonchev–Trinajstić information content (AvgIpc) is 2.12. The molecule has 1 saturated carbocycles. The Balaban J connectivity index is 1.97. The van der Waals surface area contributed by atoms with E-state index in [4.69, 9.17) is 16.3 Å². The Morgan fingerprint density at radius 3 is 2.71 bits per heavy atom. The summed E-state index contributed by atoms with van der Waals surface area (Å²) in [6, 6.07) is 0.274. The molecule has 0 aliphatic heterocycles. The van der Waals surface area contributed by atoms with E-state index in [9.17, 15) is 0 Å². The van der Waals surface area contributed by atoms with E-state index in [1.807, 2.05) is 13.8 Å². The van der Waals surface area contributed by atoms with Crippen LogP contribution >= 0.6 is 11.6 Å². The van der Waals surface area contributed by atoms with Crippen LogP contribution in [0.15, 0.2) is 0 Å². The molecule has 1 aliphatic rings. The molecule has 1 N–H and O–H groups in total. The monoisotopic (exact) mass is 256 g/mol. The topological polar surface area (TPSA) is 59.9 Å². The van der Waals surface area contributed by atoms with Crippen LogP contribution < -0.4 is 10.1 Å². The molecule has 0 bridgehead atoms. The van der Waals surface area contributed by atoms with Crippen LogP contribution in [-0.4, -0.2) is 27.6 Å². The van der Waals surface area contributed by atoms with Crippen molar-refractivity contribution in [3.05, 3.63) is 5.28 Å². The molecular formula is C11H17ClN4O. The van der Waals surface area contributed by atoms with Crippen LogP contribution in [0.1, 0.15) is 33.1 Å². The van der Waals surface area contributed by atoms with Gasteiger partial charge < -0.3 is 10.1 Å². The highest BCUT2D eigenvalue weighted by atomic mass is 35.5. The first-order valence-electron chi connectivity index (χ1n) is 5.95. The minimum absolute atomic E-state index is 0.0212. The van der Waals surface area contributed by atoms with E-state index in [1.54, 1.807) is 0 Å². The van der Waals surface area contributed by atoms with Crippen molar-refractivity contribution >= 4 is 17.5 Å². The summed E-state index contributed by atoms with van der Waals surface area (Å²) in [4.78, 5) is 12.1. The molecule has 1 fully saturated rings. The van der Waals surface area contributed by atoms with E-state index in [1.165, 1.54) is 19.3 Å². The van der Waals surface area contributed by atoms with Crippen LogP contribution in [0.5, 0.6) is 6.01 Å². The molecule has 0 spiro atoms. The highest BCUT2D eigenvalue weighted by Gasteiger charge is 2.17. The van der Waals surface area contributed by atoms with Gasteiger partial charge in [0.2, 0.25) is 11.2 Å². The van der Waals surface area contributed by atoms with Gasteiger partial charge >= 0.3 is 6.01 Å². The summed E-state index contributed by atoms with van der Waals surface area (Å²) >= 11 is 5.81. The predicted molar refractivity (Wildman–Crippen MR) is 66.4 cm³/mol. The second-order valence-electron chi connectivity index (χ2n) is 4.56. The van der Waals surface area contributed by atoms with Gasteiger partial charge in [0.05, 0.1) is 6.10 Å². The summed E-state index contributed by atoms with van der Waals surface area (Å²) in [5.74, 6) is 1.23. The number of ether oxygens (including phenoxy) is 1. The number of anilines is 1. The highest BCUT2D eigenvalue weighted by molar-refractivity contribution is 6.28. The fraction of sp³-hybridized carbons (Fsp3) is 0.727. The van der Waals surface area contributed by atoms with E-state index in [0.717, 1.165) is 12.5 Å². The summed E-state index contributed by atoms with van der Waals surface area (Å²) in [7, 11) is 0. The van der Waals surface area contributed by atoms with E-state index in [0.29, 0.717) is 5.95 Å². The number of aromatic nitrogens is 3. The fourth-order valence-corrected chi connectivity index (χ4v) is 1.76. The standard InChI is InChI=1S/C11H17ClN4O/c1-7(2)17-11-15-9(12)14-10(16-11)13-6-8-4-3-5-8/h7-8H,3-6H2,1-2H3,(H,13,14,15,16). The molecule has 2 rings (SSSR count). The van der Waals surface area contributed by atoms with E-state index < -0.39 is 0 Å². The van der Waals surface area contributed by atoms with Crippen molar-refractivity contribution in [3.8, 4) is 6.01 Å². The second kappa shape index (κ2) is 5.49. The maximum absolute atomic E-state index is 5.81. The number of hydrogen-bond donors (Lipinski definition) is 1. The highest BCUT2D eigenvalue weighted by Crippen LogP contribution is 2.26. The lowest BCUT2D eigenvalue weighted by molar-refractivity contribution is 0.221. The Morgan fingerprint density at radius 1 is 1.35 bits per heavy atom. The quantitative estimate of drug-likeness (QED) is 0.877. The first-order chi connectivity index (χ1) is 8.13. The van der Waals surface area contributed by atoms with E-state index in [2.05, 4.69) is 20.3 Å². The predicted octanol–water partition coefficient (Wildman–Crippen LogP) is 2.52. The number of hydrogen-bond acceptors (Lipinski definition) is 5. The van der Waals surface area contributed by atoms with Crippen LogP contribution in [0, 0.1) is 5.92 Å². The summed E-state index contributed by atoms with van der Waals surface area (Å²) in [6.45, 7) is 4.72. The fourth-order valence-electron chi connectivity index (χ4n) is 1.61. The van der Waals surface area contributed by atoms with Crippen molar-refractivity contribution in [1.29, 1.82) is 0 Å². The number of halogens is 1. The second-order valence-corrected chi connectivity index (χ2v) is 4.89. The molecule has 0 unspecified atom stereocenters. The molecule has 94 valence electrons. The van der Waals surface area contributed by atoms with Gasteiger partial charge in [-0.25, -0.2) is 0 Å². The van der Waals surface area contributed by atoms with Crippen molar-refractivity contribution in [3.63, 3.8) is 0 Å². The third-order valence-corrected chi connectivity index (χ3v) is 2.87.